The summed E-state index contributed by atoms with van der Waals surface area (Å²) in [5.74, 6) is -2.24. The summed E-state index contributed by atoms with van der Waals surface area (Å²) in [6.07, 6.45) is 5.11. The zero-order valence-electron chi connectivity index (χ0n) is 24.9. The molecule has 1 aliphatic heterocycles. The largest absolute Gasteiger partial charge is 0.467 e. The third kappa shape index (κ3) is 11.3. The number of aryl methyl sites for hydroxylation is 1. The molecule has 0 saturated carbocycles. The first-order valence-corrected chi connectivity index (χ1v) is 14.2. The average Bonchev–Trinajstić information content (AvgIpc) is 2.90. The van der Waals surface area contributed by atoms with Crippen LogP contribution >= 0.6 is 0 Å². The fourth-order valence-electron chi connectivity index (χ4n) is 4.51. The lowest BCUT2D eigenvalue weighted by atomic mass is 10.0. The van der Waals surface area contributed by atoms with Crippen LogP contribution in [0.5, 0.6) is 0 Å². The van der Waals surface area contributed by atoms with E-state index in [1.54, 1.807) is 33.8 Å². The van der Waals surface area contributed by atoms with Crippen molar-refractivity contribution >= 4 is 29.7 Å². The molecule has 0 aromatic heterocycles. The van der Waals surface area contributed by atoms with Crippen LogP contribution < -0.4 is 26.6 Å². The number of hydrogen-bond acceptors (Lipinski definition) is 6. The fraction of sp³-hybridized carbons (Fsp3) is 0.567. The van der Waals surface area contributed by atoms with Crippen LogP contribution in [0.25, 0.3) is 0 Å². The number of rotatable bonds is 9. The number of nitrogens with one attached hydrogen (secondary N) is 5. The summed E-state index contributed by atoms with van der Waals surface area (Å²) in [4.78, 5) is 63.8. The number of benzene rings is 1. The van der Waals surface area contributed by atoms with Gasteiger partial charge in [-0.3, -0.25) is 14.4 Å². The highest BCUT2D eigenvalue weighted by Crippen LogP contribution is 2.11. The lowest BCUT2D eigenvalue weighted by Gasteiger charge is -2.27. The normalized spacial score (nSPS) is 20.4. The first-order valence-electron chi connectivity index (χ1n) is 14.2. The van der Waals surface area contributed by atoms with E-state index in [4.69, 9.17) is 4.74 Å². The van der Waals surface area contributed by atoms with Crippen molar-refractivity contribution in [2.45, 2.75) is 84.5 Å². The topological polar surface area (TPSA) is 155 Å². The highest BCUT2D eigenvalue weighted by molar-refractivity contribution is 5.93. The van der Waals surface area contributed by atoms with Gasteiger partial charge in [0.2, 0.25) is 17.7 Å². The molecule has 0 radical (unpaired) electrons. The molecule has 11 heteroatoms. The summed E-state index contributed by atoms with van der Waals surface area (Å²) in [5, 5.41) is 13.9. The molecule has 226 valence electrons. The van der Waals surface area contributed by atoms with Crippen LogP contribution in [-0.4, -0.2) is 67.5 Å². The van der Waals surface area contributed by atoms with Gasteiger partial charge >= 0.3 is 12.0 Å². The minimum atomic E-state index is -0.961. The van der Waals surface area contributed by atoms with E-state index in [2.05, 4.69) is 26.6 Å². The molecule has 1 aromatic rings. The highest BCUT2D eigenvalue weighted by atomic mass is 16.5. The predicted molar refractivity (Wildman–Crippen MR) is 156 cm³/mol. The molecule has 0 saturated heterocycles. The maximum absolute atomic E-state index is 13.4. The van der Waals surface area contributed by atoms with E-state index in [1.165, 1.54) is 13.2 Å². The Morgan fingerprint density at radius 1 is 1.02 bits per heavy atom. The van der Waals surface area contributed by atoms with Crippen molar-refractivity contribution < 1.29 is 28.7 Å². The molecule has 1 aliphatic rings. The molecule has 1 heterocycles. The van der Waals surface area contributed by atoms with Gasteiger partial charge in [0.15, 0.2) is 0 Å². The number of urea groups is 1. The monoisotopic (exact) mass is 571 g/mol. The van der Waals surface area contributed by atoms with Crippen molar-refractivity contribution in [1.29, 1.82) is 0 Å². The van der Waals surface area contributed by atoms with Gasteiger partial charge in [0.1, 0.15) is 18.1 Å². The van der Waals surface area contributed by atoms with Gasteiger partial charge in [-0.1, -0.05) is 63.6 Å². The second-order valence-electron chi connectivity index (χ2n) is 11.1. The highest BCUT2D eigenvalue weighted by Gasteiger charge is 2.31. The number of carbonyl (C=O) groups is 5. The van der Waals surface area contributed by atoms with Crippen LogP contribution in [0.3, 0.4) is 0 Å². The summed E-state index contributed by atoms with van der Waals surface area (Å²) < 4.78 is 4.77. The van der Waals surface area contributed by atoms with Crippen LogP contribution in [0.2, 0.25) is 0 Å². The van der Waals surface area contributed by atoms with Crippen molar-refractivity contribution in [3.63, 3.8) is 0 Å². The molecule has 0 bridgehead atoms. The minimum absolute atomic E-state index is 0.227. The third-order valence-electron chi connectivity index (χ3n) is 6.84. The number of amides is 5. The lowest BCUT2D eigenvalue weighted by Crippen LogP contribution is -2.59. The van der Waals surface area contributed by atoms with E-state index in [9.17, 15) is 24.0 Å². The van der Waals surface area contributed by atoms with Gasteiger partial charge in [-0.25, -0.2) is 9.59 Å². The van der Waals surface area contributed by atoms with Gasteiger partial charge in [0, 0.05) is 12.6 Å². The zero-order chi connectivity index (χ0) is 30.5. The Morgan fingerprint density at radius 3 is 2.34 bits per heavy atom. The molecule has 2 rings (SSSR count). The summed E-state index contributed by atoms with van der Waals surface area (Å²) in [6.45, 7) is 9.51. The Hall–Kier alpha value is -3.89. The smallest absolute Gasteiger partial charge is 0.328 e. The van der Waals surface area contributed by atoms with Crippen LogP contribution in [0.15, 0.2) is 36.4 Å². The van der Waals surface area contributed by atoms with Crippen molar-refractivity contribution in [2.75, 3.05) is 13.7 Å². The molecule has 0 unspecified atom stereocenters. The molecule has 5 N–H and O–H groups in total. The summed E-state index contributed by atoms with van der Waals surface area (Å²) in [7, 11) is 1.24. The van der Waals surface area contributed by atoms with Crippen LogP contribution in [0, 0.1) is 18.8 Å². The van der Waals surface area contributed by atoms with E-state index in [0.29, 0.717) is 32.2 Å². The predicted octanol–water partition coefficient (Wildman–Crippen LogP) is 1.88. The zero-order valence-corrected chi connectivity index (χ0v) is 24.9. The van der Waals surface area contributed by atoms with E-state index < -0.39 is 42.1 Å². The number of methoxy groups -OCH3 is 1. The van der Waals surface area contributed by atoms with Gasteiger partial charge in [-0.15, -0.1) is 0 Å². The summed E-state index contributed by atoms with van der Waals surface area (Å²) in [5.41, 5.74) is 2.08. The van der Waals surface area contributed by atoms with E-state index in [1.807, 2.05) is 31.2 Å². The maximum atomic E-state index is 13.4. The van der Waals surface area contributed by atoms with Crippen molar-refractivity contribution in [2.24, 2.45) is 11.8 Å². The standard InChI is InChI=1S/C30H45N5O6/c1-18(2)25(34-30(40)35-26(19(3)4)29(39)41-6)28(38)33-23-12-7-8-15-31-24(36)14-13-22(32-27(23)37)17-21-11-9-10-20(5)16-21/h9-11,13-14,16,18-19,22-23,25-26H,7-8,12,15,17H2,1-6H3,(H,31,36)(H,32,37)(H,33,38)(H2,34,35,40)/b14-13+/t22-,23+,25+,26+/m1/s1. The van der Waals surface area contributed by atoms with Crippen LogP contribution in [0.1, 0.15) is 58.1 Å². The lowest BCUT2D eigenvalue weighted by molar-refractivity contribution is -0.144. The minimum Gasteiger partial charge on any atom is -0.467 e. The van der Waals surface area contributed by atoms with E-state index in [-0.39, 0.29) is 23.7 Å². The maximum Gasteiger partial charge on any atom is 0.328 e. The Kier molecular flexibility index (Phi) is 13.3. The molecule has 0 aliphatic carbocycles. The second kappa shape index (κ2) is 16.4. The van der Waals surface area contributed by atoms with Gasteiger partial charge < -0.3 is 31.3 Å². The number of esters is 1. The third-order valence-corrected chi connectivity index (χ3v) is 6.84. The Labute approximate surface area is 242 Å². The number of hydrogen-bond donors (Lipinski definition) is 5. The molecule has 0 fully saturated rings. The molecule has 4 atom stereocenters. The Morgan fingerprint density at radius 2 is 1.71 bits per heavy atom. The average molecular weight is 572 g/mol. The summed E-state index contributed by atoms with van der Waals surface area (Å²) >= 11 is 0. The molecular formula is C30H45N5O6. The molecule has 11 nitrogen and oxygen atoms in total. The first-order chi connectivity index (χ1) is 19.4. The first kappa shape index (κ1) is 33.3. The molecule has 41 heavy (non-hydrogen) atoms. The molecule has 0 spiro atoms. The van der Waals surface area contributed by atoms with Crippen molar-refractivity contribution in [3.8, 4) is 0 Å². The molecule has 5 amide bonds. The molecular weight excluding hydrogens is 526 g/mol. The summed E-state index contributed by atoms with van der Waals surface area (Å²) in [6, 6.07) is 4.02. The van der Waals surface area contributed by atoms with Gasteiger partial charge in [-0.05, 0) is 50.0 Å². The van der Waals surface area contributed by atoms with Crippen molar-refractivity contribution in [3.05, 3.63) is 47.5 Å². The second-order valence-corrected chi connectivity index (χ2v) is 11.1. The van der Waals surface area contributed by atoms with Crippen molar-refractivity contribution in [1.82, 2.24) is 26.6 Å². The quantitative estimate of drug-likeness (QED) is 0.285. The number of carbonyl (C=O) groups excluding carboxylic acids is 5. The van der Waals surface area contributed by atoms with Gasteiger partial charge in [-0.2, -0.15) is 0 Å². The number of ether oxygens (including phenoxy) is 1. The Balaban J connectivity index is 2.18. The molecule has 1 aromatic carbocycles. The van der Waals surface area contributed by atoms with Gasteiger partial charge in [0.25, 0.3) is 0 Å². The Bertz CT molecular complexity index is 1100. The van der Waals surface area contributed by atoms with E-state index in [0.717, 1.165) is 11.1 Å². The SMILES string of the molecule is COC(=O)[C@@H](NC(=O)N[C@H](C(=O)N[C@H]1CCCCNC(=O)/C=C/[C@H](Cc2cccc(C)c2)NC1=O)C(C)C)C(C)C. The van der Waals surface area contributed by atoms with Crippen LogP contribution in [0.4, 0.5) is 4.79 Å². The fourth-order valence-corrected chi connectivity index (χ4v) is 4.51. The van der Waals surface area contributed by atoms with E-state index >= 15 is 0 Å². The van der Waals surface area contributed by atoms with Crippen LogP contribution in [-0.2, 0) is 30.3 Å². The van der Waals surface area contributed by atoms with Gasteiger partial charge in [0.05, 0.1) is 13.2 Å².